The summed E-state index contributed by atoms with van der Waals surface area (Å²) in [6.45, 7) is 4.92. The predicted molar refractivity (Wildman–Crippen MR) is 80.1 cm³/mol. The monoisotopic (exact) mass is 318 g/mol. The van der Waals surface area contributed by atoms with E-state index in [0.29, 0.717) is 25.3 Å². The molecule has 0 saturated carbocycles. The van der Waals surface area contributed by atoms with Gasteiger partial charge in [0.2, 0.25) is 10.0 Å². The molecule has 0 spiro atoms. The fourth-order valence-electron chi connectivity index (χ4n) is 1.86. The first-order valence-electron chi connectivity index (χ1n) is 6.80. The zero-order chi connectivity index (χ0) is 16.0. The highest BCUT2D eigenvalue weighted by Gasteiger charge is 2.26. The number of hydrogen-bond donors (Lipinski definition) is 1. The van der Waals surface area contributed by atoms with Crippen molar-refractivity contribution < 1.29 is 17.5 Å². The SMILES string of the molecule is CCNCc1cc(S(=O)(=O)N(C)C(C)COC)ccc1F. The molecule has 5 nitrogen and oxygen atoms in total. The van der Waals surface area contributed by atoms with Gasteiger partial charge in [0.25, 0.3) is 0 Å². The van der Waals surface area contributed by atoms with Crippen molar-refractivity contribution in [1.29, 1.82) is 0 Å². The van der Waals surface area contributed by atoms with Crippen molar-refractivity contribution in [2.24, 2.45) is 0 Å². The first-order chi connectivity index (χ1) is 9.84. The molecule has 0 aromatic heterocycles. The van der Waals surface area contributed by atoms with E-state index >= 15 is 0 Å². The van der Waals surface area contributed by atoms with Crippen molar-refractivity contribution in [3.05, 3.63) is 29.6 Å². The van der Waals surface area contributed by atoms with E-state index in [0.717, 1.165) is 0 Å². The topological polar surface area (TPSA) is 58.6 Å². The minimum absolute atomic E-state index is 0.0854. The number of halogens is 1. The second kappa shape index (κ2) is 7.84. The molecule has 1 rings (SSSR count). The third-order valence-electron chi connectivity index (χ3n) is 3.29. The Hall–Kier alpha value is -1.02. The Bertz CT molecular complexity index is 563. The molecule has 120 valence electrons. The van der Waals surface area contributed by atoms with Gasteiger partial charge in [-0.25, -0.2) is 12.8 Å². The molecule has 7 heteroatoms. The average Bonchev–Trinajstić information content (AvgIpc) is 2.45. The lowest BCUT2D eigenvalue weighted by Gasteiger charge is -2.24. The summed E-state index contributed by atoms with van der Waals surface area (Å²) in [6, 6.07) is 3.55. The molecule has 0 amide bonds. The van der Waals surface area contributed by atoms with E-state index in [1.54, 1.807) is 6.92 Å². The van der Waals surface area contributed by atoms with Gasteiger partial charge < -0.3 is 10.1 Å². The van der Waals surface area contributed by atoms with Gasteiger partial charge >= 0.3 is 0 Å². The number of nitrogens with zero attached hydrogens (tertiary/aromatic N) is 1. The van der Waals surface area contributed by atoms with Gasteiger partial charge in [0.15, 0.2) is 0 Å². The van der Waals surface area contributed by atoms with Crippen LogP contribution in [-0.2, 0) is 21.3 Å². The van der Waals surface area contributed by atoms with Crippen LogP contribution in [0.4, 0.5) is 4.39 Å². The molecule has 0 saturated heterocycles. The lowest BCUT2D eigenvalue weighted by Crippen LogP contribution is -2.37. The number of benzene rings is 1. The molecule has 1 atom stereocenters. The zero-order valence-electron chi connectivity index (χ0n) is 12.9. The first-order valence-corrected chi connectivity index (χ1v) is 8.24. The third-order valence-corrected chi connectivity index (χ3v) is 5.26. The normalized spacial score (nSPS) is 13.6. The van der Waals surface area contributed by atoms with Crippen molar-refractivity contribution in [2.45, 2.75) is 31.3 Å². The van der Waals surface area contributed by atoms with Crippen LogP contribution in [0.25, 0.3) is 0 Å². The Kier molecular flexibility index (Phi) is 6.73. The number of nitrogens with one attached hydrogen (secondary N) is 1. The van der Waals surface area contributed by atoms with Crippen LogP contribution >= 0.6 is 0 Å². The third kappa shape index (κ3) is 4.47. The Balaban J connectivity index is 3.08. The maximum atomic E-state index is 13.7. The van der Waals surface area contributed by atoms with Crippen molar-refractivity contribution >= 4 is 10.0 Å². The average molecular weight is 318 g/mol. The van der Waals surface area contributed by atoms with E-state index in [9.17, 15) is 12.8 Å². The van der Waals surface area contributed by atoms with Gasteiger partial charge in [-0.3, -0.25) is 0 Å². The summed E-state index contributed by atoms with van der Waals surface area (Å²) in [6.07, 6.45) is 0. The second-order valence-corrected chi connectivity index (χ2v) is 6.86. The smallest absolute Gasteiger partial charge is 0.243 e. The van der Waals surface area contributed by atoms with Gasteiger partial charge in [0.05, 0.1) is 11.5 Å². The first kappa shape index (κ1) is 18.0. The fourth-order valence-corrected chi connectivity index (χ4v) is 3.25. The molecule has 0 bridgehead atoms. The highest BCUT2D eigenvalue weighted by Crippen LogP contribution is 2.20. The van der Waals surface area contributed by atoms with Crippen LogP contribution in [0.15, 0.2) is 23.1 Å². The van der Waals surface area contributed by atoms with E-state index in [-0.39, 0.29) is 10.9 Å². The van der Waals surface area contributed by atoms with Crippen LogP contribution in [0.1, 0.15) is 19.4 Å². The van der Waals surface area contributed by atoms with Gasteiger partial charge in [-0.2, -0.15) is 4.31 Å². The molecular formula is C14H23FN2O3S. The summed E-state index contributed by atoms with van der Waals surface area (Å²) in [5, 5.41) is 2.99. The molecule has 1 aromatic rings. The van der Waals surface area contributed by atoms with E-state index in [4.69, 9.17) is 4.74 Å². The molecule has 0 aliphatic carbocycles. The largest absolute Gasteiger partial charge is 0.383 e. The summed E-state index contributed by atoms with van der Waals surface area (Å²) < 4.78 is 44.9. The summed E-state index contributed by atoms with van der Waals surface area (Å²) in [5.74, 6) is -0.414. The van der Waals surface area contributed by atoms with Crippen molar-refractivity contribution in [3.63, 3.8) is 0 Å². The number of ether oxygens (including phenoxy) is 1. The molecule has 1 N–H and O–H groups in total. The number of sulfonamides is 1. The number of hydrogen-bond acceptors (Lipinski definition) is 4. The molecule has 0 fully saturated rings. The highest BCUT2D eigenvalue weighted by atomic mass is 32.2. The maximum Gasteiger partial charge on any atom is 0.243 e. The van der Waals surface area contributed by atoms with Gasteiger partial charge in [-0.1, -0.05) is 6.92 Å². The molecule has 0 aliphatic heterocycles. The van der Waals surface area contributed by atoms with Gasteiger partial charge in [-0.05, 0) is 31.7 Å². The zero-order valence-corrected chi connectivity index (χ0v) is 13.7. The summed E-state index contributed by atoms with van der Waals surface area (Å²) in [5.41, 5.74) is 0.339. The Morgan fingerprint density at radius 1 is 1.43 bits per heavy atom. The number of likely N-dealkylation sites (N-methyl/N-ethyl adjacent to an activating group) is 1. The molecular weight excluding hydrogens is 295 g/mol. The predicted octanol–water partition coefficient (Wildman–Crippen LogP) is 1.59. The van der Waals surface area contributed by atoms with Crippen LogP contribution < -0.4 is 5.32 Å². The standard InChI is InChI=1S/C14H23FN2O3S/c1-5-16-9-12-8-13(6-7-14(12)15)21(18,19)17(3)11(2)10-20-4/h6-8,11,16H,5,9-10H2,1-4H3. The lowest BCUT2D eigenvalue weighted by molar-refractivity contribution is 0.149. The van der Waals surface area contributed by atoms with Gasteiger partial charge in [0.1, 0.15) is 5.82 Å². The Morgan fingerprint density at radius 2 is 2.10 bits per heavy atom. The molecule has 0 heterocycles. The highest BCUT2D eigenvalue weighted by molar-refractivity contribution is 7.89. The molecule has 0 radical (unpaired) electrons. The van der Waals surface area contributed by atoms with Crippen LogP contribution in [-0.4, -0.2) is 46.1 Å². The maximum absolute atomic E-state index is 13.7. The van der Waals surface area contributed by atoms with Crippen LogP contribution in [0.3, 0.4) is 0 Å². The lowest BCUT2D eigenvalue weighted by atomic mass is 10.2. The minimum atomic E-state index is -3.67. The van der Waals surface area contributed by atoms with E-state index in [1.165, 1.54) is 36.7 Å². The van der Waals surface area contributed by atoms with E-state index in [2.05, 4.69) is 5.32 Å². The second-order valence-electron chi connectivity index (χ2n) is 4.86. The fraction of sp³-hybridized carbons (Fsp3) is 0.571. The van der Waals surface area contributed by atoms with Gasteiger partial charge in [0, 0.05) is 32.3 Å². The van der Waals surface area contributed by atoms with Crippen LogP contribution in [0.2, 0.25) is 0 Å². The quantitative estimate of drug-likeness (QED) is 0.791. The molecule has 1 unspecified atom stereocenters. The molecule has 1 aromatic carbocycles. The summed E-state index contributed by atoms with van der Waals surface area (Å²) in [4.78, 5) is 0.0854. The van der Waals surface area contributed by atoms with Crippen LogP contribution in [0.5, 0.6) is 0 Å². The molecule has 0 aliphatic rings. The Morgan fingerprint density at radius 3 is 2.67 bits per heavy atom. The Labute approximate surface area is 126 Å². The summed E-state index contributed by atoms with van der Waals surface area (Å²) in [7, 11) is -0.656. The summed E-state index contributed by atoms with van der Waals surface area (Å²) >= 11 is 0. The van der Waals surface area contributed by atoms with Crippen LogP contribution in [0, 0.1) is 5.82 Å². The number of rotatable bonds is 8. The number of methoxy groups -OCH3 is 1. The minimum Gasteiger partial charge on any atom is -0.383 e. The van der Waals surface area contributed by atoms with Gasteiger partial charge in [-0.15, -0.1) is 0 Å². The van der Waals surface area contributed by atoms with Crippen molar-refractivity contribution in [1.82, 2.24) is 9.62 Å². The van der Waals surface area contributed by atoms with E-state index < -0.39 is 15.8 Å². The molecule has 21 heavy (non-hydrogen) atoms. The van der Waals surface area contributed by atoms with Crippen molar-refractivity contribution in [2.75, 3.05) is 27.3 Å². The van der Waals surface area contributed by atoms with E-state index in [1.807, 2.05) is 6.92 Å². The van der Waals surface area contributed by atoms with Crippen molar-refractivity contribution in [3.8, 4) is 0 Å².